The van der Waals surface area contributed by atoms with Gasteiger partial charge in [-0.15, -0.1) is 0 Å². The highest BCUT2D eigenvalue weighted by Gasteiger charge is 2.22. The third kappa shape index (κ3) is 3.36. The highest BCUT2D eigenvalue weighted by molar-refractivity contribution is 9.10. The largest absolute Gasteiger partial charge is 0.341 e. The molecule has 1 aliphatic heterocycles. The second-order valence-electron chi connectivity index (χ2n) is 4.84. The maximum atomic E-state index is 13.7. The summed E-state index contributed by atoms with van der Waals surface area (Å²) >= 11 is 3.22. The fraction of sp³-hybridized carbons (Fsp3) is 0.429. The van der Waals surface area contributed by atoms with Crippen LogP contribution in [0, 0.1) is 5.82 Å². The highest BCUT2D eigenvalue weighted by atomic mass is 79.9. The smallest absolute Gasteiger partial charge is 0.256 e. The number of hydrogen-bond acceptors (Lipinski definition) is 2. The van der Waals surface area contributed by atoms with Gasteiger partial charge in [-0.05, 0) is 24.6 Å². The summed E-state index contributed by atoms with van der Waals surface area (Å²) in [5.41, 5.74) is 0.0367. The second kappa shape index (κ2) is 6.35. The van der Waals surface area contributed by atoms with Crippen molar-refractivity contribution in [3.05, 3.63) is 34.1 Å². The van der Waals surface area contributed by atoms with Gasteiger partial charge < -0.3 is 9.80 Å². The molecule has 1 aromatic rings. The van der Waals surface area contributed by atoms with E-state index in [2.05, 4.69) is 15.9 Å². The van der Waals surface area contributed by atoms with Gasteiger partial charge in [-0.25, -0.2) is 4.39 Å². The van der Waals surface area contributed by atoms with E-state index in [1.165, 1.54) is 17.0 Å². The van der Waals surface area contributed by atoms with E-state index in [9.17, 15) is 14.0 Å². The monoisotopic (exact) mass is 342 g/mol. The van der Waals surface area contributed by atoms with Crippen LogP contribution in [0.2, 0.25) is 0 Å². The van der Waals surface area contributed by atoms with Crippen LogP contribution in [-0.4, -0.2) is 48.3 Å². The normalized spacial score (nSPS) is 14.8. The van der Waals surface area contributed by atoms with Crippen LogP contribution in [0.25, 0.3) is 0 Å². The summed E-state index contributed by atoms with van der Waals surface area (Å²) in [4.78, 5) is 26.8. The van der Waals surface area contributed by atoms with Gasteiger partial charge in [0.1, 0.15) is 5.82 Å². The number of hydrogen-bond donors (Lipinski definition) is 0. The van der Waals surface area contributed by atoms with Crippen molar-refractivity contribution < 1.29 is 14.0 Å². The quantitative estimate of drug-likeness (QED) is 0.842. The number of nitrogens with zero attached hydrogens (tertiary/aromatic N) is 2. The molecule has 0 bridgehead atoms. The first-order valence-electron chi connectivity index (χ1n) is 6.47. The number of benzene rings is 1. The average molecular weight is 343 g/mol. The van der Waals surface area contributed by atoms with Crippen LogP contribution in [0.1, 0.15) is 23.2 Å². The minimum absolute atomic E-state index is 0.0367. The summed E-state index contributed by atoms with van der Waals surface area (Å²) in [5, 5.41) is 0. The molecule has 0 spiro atoms. The van der Waals surface area contributed by atoms with Crippen molar-refractivity contribution >= 4 is 27.7 Å². The predicted molar refractivity (Wildman–Crippen MR) is 76.9 cm³/mol. The third-order valence-electron chi connectivity index (χ3n) is 3.38. The minimum atomic E-state index is -0.540. The molecule has 0 aromatic heterocycles. The molecular weight excluding hydrogens is 327 g/mol. The van der Waals surface area contributed by atoms with Crippen molar-refractivity contribution in [2.45, 2.75) is 12.8 Å². The van der Waals surface area contributed by atoms with Gasteiger partial charge in [0.25, 0.3) is 5.91 Å². The van der Waals surface area contributed by atoms with E-state index in [0.29, 0.717) is 24.0 Å². The molecule has 0 aliphatic carbocycles. The summed E-state index contributed by atoms with van der Waals surface area (Å²) in [7, 11) is 1.61. The first-order chi connectivity index (χ1) is 9.49. The molecule has 0 atom stereocenters. The molecule has 1 aliphatic rings. The lowest BCUT2D eigenvalue weighted by Gasteiger charge is -2.22. The van der Waals surface area contributed by atoms with Crippen molar-refractivity contribution in [1.82, 2.24) is 9.80 Å². The van der Waals surface area contributed by atoms with Crippen molar-refractivity contribution in [2.75, 3.05) is 26.7 Å². The molecule has 0 saturated carbocycles. The molecule has 0 N–H and O–H groups in total. The summed E-state index contributed by atoms with van der Waals surface area (Å²) in [6.07, 6.45) is 1.45. The van der Waals surface area contributed by atoms with E-state index in [0.717, 1.165) is 13.0 Å². The molecule has 1 aromatic carbocycles. The molecule has 1 heterocycles. The zero-order valence-corrected chi connectivity index (χ0v) is 12.8. The predicted octanol–water partition coefficient (Wildman–Crippen LogP) is 2.28. The lowest BCUT2D eigenvalue weighted by Crippen LogP contribution is -2.37. The van der Waals surface area contributed by atoms with Crippen LogP contribution < -0.4 is 0 Å². The summed E-state index contributed by atoms with van der Waals surface area (Å²) in [6.45, 7) is 1.64. The number of amides is 2. The Hall–Kier alpha value is -1.43. The Morgan fingerprint density at radius 1 is 1.50 bits per heavy atom. The number of carbonyl (C=O) groups is 2. The molecule has 0 radical (unpaired) electrons. The average Bonchev–Trinajstić information content (AvgIpc) is 2.83. The van der Waals surface area contributed by atoms with Crippen molar-refractivity contribution in [1.29, 1.82) is 0 Å². The Morgan fingerprint density at radius 3 is 2.90 bits per heavy atom. The van der Waals surface area contributed by atoms with Crippen molar-refractivity contribution in [3.63, 3.8) is 0 Å². The number of likely N-dealkylation sites (tertiary alicyclic amines) is 1. The lowest BCUT2D eigenvalue weighted by atomic mass is 10.2. The fourth-order valence-corrected chi connectivity index (χ4v) is 2.54. The molecular formula is C14H16BrFN2O2. The summed E-state index contributed by atoms with van der Waals surface area (Å²) in [6, 6.07) is 4.28. The SMILES string of the molecule is CN(CCN1CCCC1=O)C(=O)c1cc(Br)ccc1F. The van der Waals surface area contributed by atoms with Gasteiger partial charge in [0, 0.05) is 37.6 Å². The third-order valence-corrected chi connectivity index (χ3v) is 3.88. The van der Waals surface area contributed by atoms with Gasteiger partial charge >= 0.3 is 0 Å². The fourth-order valence-electron chi connectivity index (χ4n) is 2.18. The number of halogens is 2. The molecule has 1 saturated heterocycles. The first-order valence-corrected chi connectivity index (χ1v) is 7.26. The molecule has 4 nitrogen and oxygen atoms in total. The molecule has 2 amide bonds. The molecule has 6 heteroatoms. The summed E-state index contributed by atoms with van der Waals surface area (Å²) in [5.74, 6) is -0.794. The van der Waals surface area contributed by atoms with E-state index in [4.69, 9.17) is 0 Å². The van der Waals surface area contributed by atoms with Crippen LogP contribution in [0.5, 0.6) is 0 Å². The second-order valence-corrected chi connectivity index (χ2v) is 5.75. The topological polar surface area (TPSA) is 40.6 Å². The lowest BCUT2D eigenvalue weighted by molar-refractivity contribution is -0.127. The zero-order valence-electron chi connectivity index (χ0n) is 11.2. The van der Waals surface area contributed by atoms with Crippen LogP contribution >= 0.6 is 15.9 Å². The number of carbonyl (C=O) groups excluding carboxylic acids is 2. The van der Waals surface area contributed by atoms with Gasteiger partial charge in [-0.3, -0.25) is 9.59 Å². The minimum Gasteiger partial charge on any atom is -0.341 e. The van der Waals surface area contributed by atoms with E-state index >= 15 is 0 Å². The van der Waals surface area contributed by atoms with Crippen LogP contribution in [0.3, 0.4) is 0 Å². The van der Waals surface area contributed by atoms with E-state index in [-0.39, 0.29) is 17.4 Å². The zero-order chi connectivity index (χ0) is 14.7. The van der Waals surface area contributed by atoms with Crippen molar-refractivity contribution in [3.8, 4) is 0 Å². The van der Waals surface area contributed by atoms with Gasteiger partial charge in [-0.2, -0.15) is 0 Å². The molecule has 108 valence electrons. The van der Waals surface area contributed by atoms with Crippen LogP contribution in [-0.2, 0) is 4.79 Å². The maximum Gasteiger partial charge on any atom is 0.256 e. The number of likely N-dealkylation sites (N-methyl/N-ethyl adjacent to an activating group) is 1. The molecule has 0 unspecified atom stereocenters. The highest BCUT2D eigenvalue weighted by Crippen LogP contribution is 2.17. The Bertz CT molecular complexity index is 536. The van der Waals surface area contributed by atoms with E-state index in [1.54, 1.807) is 18.0 Å². The number of rotatable bonds is 4. The van der Waals surface area contributed by atoms with Gasteiger partial charge in [0.05, 0.1) is 5.56 Å². The summed E-state index contributed by atoms with van der Waals surface area (Å²) < 4.78 is 14.3. The Morgan fingerprint density at radius 2 is 2.25 bits per heavy atom. The van der Waals surface area contributed by atoms with E-state index < -0.39 is 5.82 Å². The van der Waals surface area contributed by atoms with E-state index in [1.807, 2.05) is 0 Å². The first kappa shape index (κ1) is 15.0. The molecule has 1 fully saturated rings. The Kier molecular flexibility index (Phi) is 4.75. The van der Waals surface area contributed by atoms with Gasteiger partial charge in [0.15, 0.2) is 0 Å². The van der Waals surface area contributed by atoms with Crippen LogP contribution in [0.15, 0.2) is 22.7 Å². The van der Waals surface area contributed by atoms with Gasteiger partial charge in [0.2, 0.25) is 5.91 Å². The standard InChI is InChI=1S/C14H16BrFN2O2/c1-17(7-8-18-6-2-3-13(18)19)14(20)11-9-10(15)4-5-12(11)16/h4-5,9H,2-3,6-8H2,1H3. The molecule has 2 rings (SSSR count). The molecule has 20 heavy (non-hydrogen) atoms. The Labute approximate surface area is 125 Å². The maximum absolute atomic E-state index is 13.7. The Balaban J connectivity index is 1.98. The van der Waals surface area contributed by atoms with Crippen molar-refractivity contribution in [2.24, 2.45) is 0 Å². The van der Waals surface area contributed by atoms with Gasteiger partial charge in [-0.1, -0.05) is 15.9 Å². The van der Waals surface area contributed by atoms with Crippen LogP contribution in [0.4, 0.5) is 4.39 Å².